The van der Waals surface area contributed by atoms with Crippen LogP contribution in [0.1, 0.15) is 36.0 Å². The first-order valence-corrected chi connectivity index (χ1v) is 5.47. The second kappa shape index (κ2) is 3.51. The highest BCUT2D eigenvalue weighted by atomic mass is 16.4. The minimum Gasteiger partial charge on any atom is -0.507 e. The van der Waals surface area contributed by atoms with E-state index in [2.05, 4.69) is 0 Å². The highest BCUT2D eigenvalue weighted by Crippen LogP contribution is 2.51. The van der Waals surface area contributed by atoms with Gasteiger partial charge in [-0.15, -0.1) is 0 Å². The van der Waals surface area contributed by atoms with Crippen molar-refractivity contribution in [3.63, 3.8) is 0 Å². The lowest BCUT2D eigenvalue weighted by Crippen LogP contribution is -2.13. The quantitative estimate of drug-likeness (QED) is 0.822. The van der Waals surface area contributed by atoms with E-state index in [1.165, 1.54) is 0 Å². The fourth-order valence-corrected chi connectivity index (χ4v) is 2.27. The molecule has 0 atom stereocenters. The Morgan fingerprint density at radius 3 is 2.19 bits per heavy atom. The second-order valence-corrected chi connectivity index (χ2v) is 4.81. The van der Waals surface area contributed by atoms with Gasteiger partial charge in [0.15, 0.2) is 0 Å². The predicted octanol–water partition coefficient (Wildman–Crippen LogP) is 2.52. The van der Waals surface area contributed by atoms with Crippen molar-refractivity contribution in [3.8, 4) is 5.75 Å². The Labute approximate surface area is 94.7 Å². The molecule has 86 valence electrons. The largest absolute Gasteiger partial charge is 0.507 e. The number of benzene rings is 1. The molecule has 1 fully saturated rings. The molecule has 0 aliphatic heterocycles. The zero-order valence-corrected chi connectivity index (χ0v) is 9.58. The summed E-state index contributed by atoms with van der Waals surface area (Å²) >= 11 is 0. The maximum absolute atomic E-state index is 10.8. The SMILES string of the molecule is Cc1cc(C2(CC(=O)O)CC2)cc(C)c1O. The summed E-state index contributed by atoms with van der Waals surface area (Å²) in [5.41, 5.74) is 2.54. The zero-order chi connectivity index (χ0) is 11.9. The first-order chi connectivity index (χ1) is 7.44. The van der Waals surface area contributed by atoms with E-state index in [0.717, 1.165) is 29.5 Å². The highest BCUT2D eigenvalue weighted by molar-refractivity contribution is 5.70. The van der Waals surface area contributed by atoms with Gasteiger partial charge < -0.3 is 10.2 Å². The van der Waals surface area contributed by atoms with Crippen molar-refractivity contribution < 1.29 is 15.0 Å². The lowest BCUT2D eigenvalue weighted by molar-refractivity contribution is -0.137. The minimum atomic E-state index is -0.749. The summed E-state index contributed by atoms with van der Waals surface area (Å²) in [7, 11) is 0. The van der Waals surface area contributed by atoms with E-state index in [1.54, 1.807) is 0 Å². The van der Waals surface area contributed by atoms with E-state index < -0.39 is 5.97 Å². The first-order valence-electron chi connectivity index (χ1n) is 5.47. The van der Waals surface area contributed by atoms with Gasteiger partial charge in [0.05, 0.1) is 6.42 Å². The van der Waals surface area contributed by atoms with Gasteiger partial charge in [-0.25, -0.2) is 0 Å². The standard InChI is InChI=1S/C13H16O3/c1-8-5-10(6-9(2)12(8)16)13(3-4-13)7-11(14)15/h5-6,16H,3-4,7H2,1-2H3,(H,14,15). The number of carboxylic acid groups (broad SMARTS) is 1. The van der Waals surface area contributed by atoms with E-state index in [1.807, 2.05) is 26.0 Å². The second-order valence-electron chi connectivity index (χ2n) is 4.81. The third-order valence-electron chi connectivity index (χ3n) is 3.45. The van der Waals surface area contributed by atoms with E-state index in [4.69, 9.17) is 5.11 Å². The highest BCUT2D eigenvalue weighted by Gasteiger charge is 2.46. The Kier molecular flexibility index (Phi) is 2.41. The summed E-state index contributed by atoms with van der Waals surface area (Å²) in [5.74, 6) is -0.434. The third-order valence-corrected chi connectivity index (χ3v) is 3.45. The van der Waals surface area contributed by atoms with Crippen molar-refractivity contribution in [2.24, 2.45) is 0 Å². The number of phenolic OH excluding ortho intramolecular Hbond substituents is 1. The number of aromatic hydroxyl groups is 1. The lowest BCUT2D eigenvalue weighted by atomic mass is 9.89. The number of aryl methyl sites for hydroxylation is 2. The fourth-order valence-electron chi connectivity index (χ4n) is 2.27. The summed E-state index contributed by atoms with van der Waals surface area (Å²) in [4.78, 5) is 10.8. The molecule has 0 saturated heterocycles. The van der Waals surface area contributed by atoms with Crippen LogP contribution in [0.3, 0.4) is 0 Å². The van der Waals surface area contributed by atoms with Gasteiger partial charge in [-0.2, -0.15) is 0 Å². The van der Waals surface area contributed by atoms with Crippen molar-refractivity contribution >= 4 is 5.97 Å². The molecule has 1 aromatic rings. The molecular formula is C13H16O3. The van der Waals surface area contributed by atoms with Gasteiger partial charge in [0.2, 0.25) is 0 Å². The smallest absolute Gasteiger partial charge is 0.304 e. The van der Waals surface area contributed by atoms with Crippen LogP contribution in [0.5, 0.6) is 5.75 Å². The molecule has 0 aromatic heterocycles. The molecule has 2 N–H and O–H groups in total. The zero-order valence-electron chi connectivity index (χ0n) is 9.58. The van der Waals surface area contributed by atoms with Crippen LogP contribution in [-0.2, 0) is 10.2 Å². The molecule has 16 heavy (non-hydrogen) atoms. The molecule has 0 amide bonds. The van der Waals surface area contributed by atoms with E-state index in [-0.39, 0.29) is 11.8 Å². The molecule has 1 saturated carbocycles. The number of hydrogen-bond acceptors (Lipinski definition) is 2. The molecule has 1 aliphatic carbocycles. The van der Waals surface area contributed by atoms with E-state index >= 15 is 0 Å². The van der Waals surface area contributed by atoms with Crippen LogP contribution >= 0.6 is 0 Å². The Hall–Kier alpha value is -1.51. The number of phenols is 1. The first kappa shape index (κ1) is 11.0. The maximum Gasteiger partial charge on any atom is 0.304 e. The molecule has 0 bridgehead atoms. The maximum atomic E-state index is 10.8. The topological polar surface area (TPSA) is 57.5 Å². The summed E-state index contributed by atoms with van der Waals surface area (Å²) in [6, 6.07) is 3.83. The van der Waals surface area contributed by atoms with Crippen LogP contribution in [0.2, 0.25) is 0 Å². The van der Waals surface area contributed by atoms with Crippen LogP contribution in [0.15, 0.2) is 12.1 Å². The Morgan fingerprint density at radius 2 is 1.81 bits per heavy atom. The number of hydrogen-bond donors (Lipinski definition) is 2. The number of carbonyl (C=O) groups is 1. The van der Waals surface area contributed by atoms with Crippen LogP contribution in [0, 0.1) is 13.8 Å². The molecule has 0 heterocycles. The third kappa shape index (κ3) is 1.77. The molecular weight excluding hydrogens is 204 g/mol. The average molecular weight is 220 g/mol. The molecule has 1 aliphatic rings. The van der Waals surface area contributed by atoms with Gasteiger partial charge in [-0.05, 0) is 43.4 Å². The molecule has 0 unspecified atom stereocenters. The number of rotatable bonds is 3. The minimum absolute atomic E-state index is 0.172. The van der Waals surface area contributed by atoms with E-state index in [9.17, 15) is 9.90 Å². The average Bonchev–Trinajstić information content (AvgIpc) is 2.93. The van der Waals surface area contributed by atoms with Crippen molar-refractivity contribution in [2.45, 2.75) is 38.5 Å². The van der Waals surface area contributed by atoms with Crippen LogP contribution in [-0.4, -0.2) is 16.2 Å². The van der Waals surface area contributed by atoms with Gasteiger partial charge in [0, 0.05) is 5.41 Å². The number of carboxylic acids is 1. The summed E-state index contributed by atoms with van der Waals surface area (Å²) in [6.07, 6.45) is 2.06. The van der Waals surface area contributed by atoms with Crippen molar-refractivity contribution in [2.75, 3.05) is 0 Å². The normalized spacial score (nSPS) is 17.1. The molecule has 2 rings (SSSR count). The molecule has 0 spiro atoms. The lowest BCUT2D eigenvalue weighted by Gasteiger charge is -2.15. The summed E-state index contributed by atoms with van der Waals surface area (Å²) in [5, 5.41) is 18.6. The van der Waals surface area contributed by atoms with Gasteiger partial charge in [-0.3, -0.25) is 4.79 Å². The molecule has 1 aromatic carbocycles. The molecule has 3 nitrogen and oxygen atoms in total. The van der Waals surface area contributed by atoms with Gasteiger partial charge >= 0.3 is 5.97 Å². The van der Waals surface area contributed by atoms with Crippen LogP contribution in [0.25, 0.3) is 0 Å². The van der Waals surface area contributed by atoms with E-state index in [0.29, 0.717) is 5.75 Å². The summed E-state index contributed by atoms with van der Waals surface area (Å²) in [6.45, 7) is 3.70. The van der Waals surface area contributed by atoms with Gasteiger partial charge in [-0.1, -0.05) is 12.1 Å². The fraction of sp³-hybridized carbons (Fsp3) is 0.462. The van der Waals surface area contributed by atoms with Crippen LogP contribution in [0.4, 0.5) is 0 Å². The van der Waals surface area contributed by atoms with Crippen molar-refractivity contribution in [3.05, 3.63) is 28.8 Å². The van der Waals surface area contributed by atoms with Crippen molar-refractivity contribution in [1.29, 1.82) is 0 Å². The Balaban J connectivity index is 2.38. The molecule has 0 radical (unpaired) electrons. The Morgan fingerprint density at radius 1 is 1.31 bits per heavy atom. The monoisotopic (exact) mass is 220 g/mol. The molecule has 3 heteroatoms. The Bertz CT molecular complexity index is 421. The number of aliphatic carboxylic acids is 1. The van der Waals surface area contributed by atoms with Gasteiger partial charge in [0.25, 0.3) is 0 Å². The summed E-state index contributed by atoms with van der Waals surface area (Å²) < 4.78 is 0. The predicted molar refractivity (Wildman–Crippen MR) is 60.7 cm³/mol. The van der Waals surface area contributed by atoms with Crippen LogP contribution < -0.4 is 0 Å². The van der Waals surface area contributed by atoms with Crippen molar-refractivity contribution in [1.82, 2.24) is 0 Å². The van der Waals surface area contributed by atoms with Gasteiger partial charge in [0.1, 0.15) is 5.75 Å².